The maximum atomic E-state index is 2.30. The van der Waals surface area contributed by atoms with Crippen molar-refractivity contribution in [1.29, 1.82) is 0 Å². The van der Waals surface area contributed by atoms with Gasteiger partial charge < -0.3 is 0 Å². The first-order valence-corrected chi connectivity index (χ1v) is 6.59. The largest absolute Gasteiger partial charge is 0.0651 e. The summed E-state index contributed by atoms with van der Waals surface area (Å²) in [5, 5.41) is 0. The Kier molecular flexibility index (Phi) is 2.72. The Morgan fingerprint density at radius 2 is 1.71 bits per heavy atom. The minimum atomic E-state index is 1.20. The van der Waals surface area contributed by atoms with Crippen LogP contribution in [0.25, 0.3) is 11.1 Å². The lowest BCUT2D eigenvalue weighted by molar-refractivity contribution is 0.867. The quantitative estimate of drug-likeness (QED) is 0.706. The minimum absolute atomic E-state index is 1.20. The van der Waals surface area contributed by atoms with Gasteiger partial charge in [-0.3, -0.25) is 0 Å². The first kappa shape index (κ1) is 10.6. The van der Waals surface area contributed by atoms with E-state index in [0.29, 0.717) is 0 Å². The molecule has 0 fully saturated rings. The molecular formula is C17H18. The van der Waals surface area contributed by atoms with Gasteiger partial charge in [-0.1, -0.05) is 55.8 Å². The number of hydrogen-bond donors (Lipinski definition) is 0. The van der Waals surface area contributed by atoms with Crippen LogP contribution in [0.2, 0.25) is 0 Å². The molecule has 0 atom stereocenters. The van der Waals surface area contributed by atoms with Gasteiger partial charge in [-0.25, -0.2) is 0 Å². The van der Waals surface area contributed by atoms with E-state index in [1.165, 1.54) is 42.4 Å². The Balaban J connectivity index is 2.17. The van der Waals surface area contributed by atoms with Gasteiger partial charge in [0, 0.05) is 0 Å². The van der Waals surface area contributed by atoms with Crippen molar-refractivity contribution in [3.05, 3.63) is 59.2 Å². The van der Waals surface area contributed by atoms with Crippen LogP contribution in [-0.2, 0) is 19.3 Å². The summed E-state index contributed by atoms with van der Waals surface area (Å²) in [7, 11) is 0. The second kappa shape index (κ2) is 4.37. The molecule has 0 nitrogen and oxygen atoms in total. The first-order valence-electron chi connectivity index (χ1n) is 6.59. The lowest BCUT2D eigenvalue weighted by atomic mass is 9.82. The Labute approximate surface area is 103 Å². The molecule has 2 aromatic carbocycles. The summed E-state index contributed by atoms with van der Waals surface area (Å²) in [5.74, 6) is 0. The SMILES string of the molecule is CCCc1cccc2c1CCc1ccccc1-2. The van der Waals surface area contributed by atoms with Crippen molar-refractivity contribution in [3.8, 4) is 11.1 Å². The van der Waals surface area contributed by atoms with Crippen LogP contribution in [0.1, 0.15) is 30.0 Å². The van der Waals surface area contributed by atoms with Crippen molar-refractivity contribution in [2.45, 2.75) is 32.6 Å². The fourth-order valence-corrected chi connectivity index (χ4v) is 2.95. The molecule has 2 aromatic rings. The summed E-state index contributed by atoms with van der Waals surface area (Å²) in [6, 6.07) is 15.6. The Hall–Kier alpha value is -1.56. The van der Waals surface area contributed by atoms with Crippen LogP contribution in [-0.4, -0.2) is 0 Å². The molecular weight excluding hydrogens is 204 g/mol. The number of aryl methyl sites for hydroxylation is 2. The van der Waals surface area contributed by atoms with Crippen LogP contribution in [0.5, 0.6) is 0 Å². The lowest BCUT2D eigenvalue weighted by Crippen LogP contribution is -2.06. The van der Waals surface area contributed by atoms with Crippen LogP contribution in [0, 0.1) is 0 Å². The second-order valence-corrected chi connectivity index (χ2v) is 4.85. The summed E-state index contributed by atoms with van der Waals surface area (Å²) in [6.07, 6.45) is 4.86. The van der Waals surface area contributed by atoms with Gasteiger partial charge >= 0.3 is 0 Å². The average Bonchev–Trinajstić information content (AvgIpc) is 2.39. The molecule has 86 valence electrons. The summed E-state index contributed by atoms with van der Waals surface area (Å²) in [6.45, 7) is 2.26. The van der Waals surface area contributed by atoms with E-state index < -0.39 is 0 Å². The third-order valence-electron chi connectivity index (χ3n) is 3.74. The van der Waals surface area contributed by atoms with Crippen LogP contribution < -0.4 is 0 Å². The van der Waals surface area contributed by atoms with Crippen molar-refractivity contribution >= 4 is 0 Å². The van der Waals surface area contributed by atoms with E-state index in [2.05, 4.69) is 49.4 Å². The molecule has 0 saturated heterocycles. The zero-order chi connectivity index (χ0) is 11.7. The van der Waals surface area contributed by atoms with Gasteiger partial charge in [0.15, 0.2) is 0 Å². The number of hydrogen-bond acceptors (Lipinski definition) is 0. The topological polar surface area (TPSA) is 0 Å². The van der Waals surface area contributed by atoms with Crippen molar-refractivity contribution in [3.63, 3.8) is 0 Å². The van der Waals surface area contributed by atoms with Crippen LogP contribution in [0.3, 0.4) is 0 Å². The minimum Gasteiger partial charge on any atom is -0.0651 e. The van der Waals surface area contributed by atoms with Gasteiger partial charge in [0.2, 0.25) is 0 Å². The third-order valence-corrected chi connectivity index (χ3v) is 3.74. The Bertz CT molecular complexity index is 537. The summed E-state index contributed by atoms with van der Waals surface area (Å²) >= 11 is 0. The highest BCUT2D eigenvalue weighted by atomic mass is 14.2. The van der Waals surface area contributed by atoms with Crippen LogP contribution in [0.4, 0.5) is 0 Å². The van der Waals surface area contributed by atoms with E-state index in [4.69, 9.17) is 0 Å². The number of rotatable bonds is 2. The predicted molar refractivity (Wildman–Crippen MR) is 73.3 cm³/mol. The number of benzene rings is 2. The van der Waals surface area contributed by atoms with Gasteiger partial charge in [0.1, 0.15) is 0 Å². The molecule has 0 aliphatic heterocycles. The maximum Gasteiger partial charge on any atom is -0.0146 e. The van der Waals surface area contributed by atoms with Crippen LogP contribution >= 0.6 is 0 Å². The monoisotopic (exact) mass is 222 g/mol. The van der Waals surface area contributed by atoms with Crippen molar-refractivity contribution in [2.75, 3.05) is 0 Å². The fraction of sp³-hybridized carbons (Fsp3) is 0.294. The molecule has 0 radical (unpaired) electrons. The molecule has 17 heavy (non-hydrogen) atoms. The lowest BCUT2D eigenvalue weighted by Gasteiger charge is -2.22. The molecule has 0 unspecified atom stereocenters. The number of fused-ring (bicyclic) bond motifs is 3. The van der Waals surface area contributed by atoms with Gasteiger partial charge in [-0.05, 0) is 47.1 Å². The van der Waals surface area contributed by atoms with Crippen molar-refractivity contribution in [2.24, 2.45) is 0 Å². The van der Waals surface area contributed by atoms with E-state index in [1.54, 1.807) is 11.1 Å². The van der Waals surface area contributed by atoms with Gasteiger partial charge in [0.05, 0.1) is 0 Å². The summed E-state index contributed by atoms with van der Waals surface area (Å²) < 4.78 is 0. The van der Waals surface area contributed by atoms with E-state index in [0.717, 1.165) is 0 Å². The molecule has 0 amide bonds. The summed E-state index contributed by atoms with van der Waals surface area (Å²) in [5.41, 5.74) is 7.57. The van der Waals surface area contributed by atoms with Gasteiger partial charge in [0.25, 0.3) is 0 Å². The molecule has 1 aliphatic carbocycles. The van der Waals surface area contributed by atoms with E-state index >= 15 is 0 Å². The van der Waals surface area contributed by atoms with Gasteiger partial charge in [-0.2, -0.15) is 0 Å². The van der Waals surface area contributed by atoms with Gasteiger partial charge in [-0.15, -0.1) is 0 Å². The van der Waals surface area contributed by atoms with Crippen LogP contribution in [0.15, 0.2) is 42.5 Å². The fourth-order valence-electron chi connectivity index (χ4n) is 2.95. The smallest absolute Gasteiger partial charge is 0.0146 e. The zero-order valence-corrected chi connectivity index (χ0v) is 10.4. The molecule has 0 heterocycles. The molecule has 0 heteroatoms. The van der Waals surface area contributed by atoms with E-state index in [9.17, 15) is 0 Å². The first-order chi connectivity index (χ1) is 8.40. The molecule has 0 bridgehead atoms. The molecule has 3 rings (SSSR count). The molecule has 0 N–H and O–H groups in total. The highest BCUT2D eigenvalue weighted by Gasteiger charge is 2.17. The highest BCUT2D eigenvalue weighted by Crippen LogP contribution is 2.35. The normalized spacial score (nSPS) is 13.0. The highest BCUT2D eigenvalue weighted by molar-refractivity contribution is 5.74. The standard InChI is InChI=1S/C17H18/c1-2-6-13-8-5-10-17-15-9-4-3-7-14(15)11-12-16(13)17/h3-5,7-10H,2,6,11-12H2,1H3. The Morgan fingerprint density at radius 3 is 2.59 bits per heavy atom. The molecule has 0 aromatic heterocycles. The summed E-state index contributed by atoms with van der Waals surface area (Å²) in [4.78, 5) is 0. The van der Waals surface area contributed by atoms with E-state index in [1.807, 2.05) is 0 Å². The average molecular weight is 222 g/mol. The molecule has 0 spiro atoms. The predicted octanol–water partition coefficient (Wildman–Crippen LogP) is 4.40. The Morgan fingerprint density at radius 1 is 0.882 bits per heavy atom. The van der Waals surface area contributed by atoms with E-state index in [-0.39, 0.29) is 0 Å². The maximum absolute atomic E-state index is 2.30. The molecule has 0 saturated carbocycles. The van der Waals surface area contributed by atoms with Crippen molar-refractivity contribution in [1.82, 2.24) is 0 Å². The molecule has 1 aliphatic rings. The third kappa shape index (κ3) is 1.78. The van der Waals surface area contributed by atoms with Crippen molar-refractivity contribution < 1.29 is 0 Å². The second-order valence-electron chi connectivity index (χ2n) is 4.85. The zero-order valence-electron chi connectivity index (χ0n) is 10.4.